The lowest BCUT2D eigenvalue weighted by Gasteiger charge is -2.22. The van der Waals surface area contributed by atoms with Gasteiger partial charge in [-0.3, -0.25) is 10.1 Å². The molecule has 24 heavy (non-hydrogen) atoms. The minimum atomic E-state index is -0.156. The van der Waals surface area contributed by atoms with Crippen LogP contribution in [0.3, 0.4) is 0 Å². The maximum absolute atomic E-state index is 12.7. The number of aryl methyl sites for hydroxylation is 1. The second-order valence-corrected chi connectivity index (χ2v) is 6.64. The molecule has 1 aromatic carbocycles. The lowest BCUT2D eigenvalue weighted by Crippen LogP contribution is -2.40. The first kappa shape index (κ1) is 15.3. The Bertz CT molecular complexity index is 726. The van der Waals surface area contributed by atoms with Crippen molar-refractivity contribution in [2.45, 2.75) is 51.2 Å². The third-order valence-electron chi connectivity index (χ3n) is 5.00. The van der Waals surface area contributed by atoms with Gasteiger partial charge < -0.3 is 9.47 Å². The molecular formula is C18H23N5O. The van der Waals surface area contributed by atoms with Crippen LogP contribution < -0.4 is 10.2 Å². The summed E-state index contributed by atoms with van der Waals surface area (Å²) in [6.07, 6.45) is 4.19. The number of hydrogen-bond acceptors (Lipinski definition) is 4. The van der Waals surface area contributed by atoms with Gasteiger partial charge in [0.25, 0.3) is 0 Å². The fourth-order valence-electron chi connectivity index (χ4n) is 3.73. The number of aromatic nitrogens is 3. The molecule has 3 heterocycles. The highest BCUT2D eigenvalue weighted by molar-refractivity contribution is 5.99. The molecule has 1 saturated heterocycles. The van der Waals surface area contributed by atoms with E-state index in [-0.39, 0.29) is 18.0 Å². The molecule has 2 aliphatic rings. The summed E-state index contributed by atoms with van der Waals surface area (Å²) in [7, 11) is 0. The molecule has 2 aliphatic heterocycles. The molecule has 1 amide bonds. The van der Waals surface area contributed by atoms with E-state index in [2.05, 4.69) is 27.0 Å². The van der Waals surface area contributed by atoms with E-state index in [1.165, 1.54) is 12.8 Å². The molecule has 1 aromatic heterocycles. The van der Waals surface area contributed by atoms with Crippen molar-refractivity contribution in [3.8, 4) is 0 Å². The van der Waals surface area contributed by atoms with Crippen LogP contribution in [0.5, 0.6) is 0 Å². The van der Waals surface area contributed by atoms with E-state index in [1.54, 1.807) is 0 Å². The van der Waals surface area contributed by atoms with Gasteiger partial charge in [-0.1, -0.05) is 18.2 Å². The molecule has 4 rings (SSSR count). The first-order valence-electron chi connectivity index (χ1n) is 8.78. The topological polar surface area (TPSA) is 63.1 Å². The third kappa shape index (κ3) is 2.71. The van der Waals surface area contributed by atoms with E-state index in [4.69, 9.17) is 0 Å². The number of hydrogen-bond donors (Lipinski definition) is 1. The normalized spacial score (nSPS) is 21.8. The molecule has 1 N–H and O–H groups in total. The number of fused-ring (bicyclic) bond motifs is 1. The Balaban J connectivity index is 1.46. The fraction of sp³-hybridized carbons (Fsp3) is 0.500. The summed E-state index contributed by atoms with van der Waals surface area (Å²) >= 11 is 0. The van der Waals surface area contributed by atoms with Crippen molar-refractivity contribution in [1.82, 2.24) is 20.1 Å². The Morgan fingerprint density at radius 3 is 2.83 bits per heavy atom. The Kier molecular flexibility index (Phi) is 4.06. The molecule has 6 heteroatoms. The quantitative estimate of drug-likeness (QED) is 0.935. The summed E-state index contributed by atoms with van der Waals surface area (Å²) in [6.45, 7) is 3.81. The van der Waals surface area contributed by atoms with Crippen molar-refractivity contribution in [2.24, 2.45) is 0 Å². The minimum absolute atomic E-state index is 0.0222. The summed E-state index contributed by atoms with van der Waals surface area (Å²) in [4.78, 5) is 14.6. The van der Waals surface area contributed by atoms with Gasteiger partial charge in [-0.15, -0.1) is 10.2 Å². The monoisotopic (exact) mass is 325 g/mol. The molecule has 1 fully saturated rings. The molecule has 0 bridgehead atoms. The molecule has 0 aliphatic carbocycles. The molecule has 0 spiro atoms. The largest absolute Gasteiger partial charge is 0.314 e. The van der Waals surface area contributed by atoms with Gasteiger partial charge in [0.2, 0.25) is 5.91 Å². The van der Waals surface area contributed by atoms with Crippen LogP contribution in [-0.4, -0.2) is 33.3 Å². The average molecular weight is 325 g/mol. The summed E-state index contributed by atoms with van der Waals surface area (Å²) in [5.41, 5.74) is 0.972. The summed E-state index contributed by atoms with van der Waals surface area (Å²) in [5.74, 6) is 2.18. The average Bonchev–Trinajstić information content (AvgIpc) is 3.20. The van der Waals surface area contributed by atoms with Crippen LogP contribution >= 0.6 is 0 Å². The van der Waals surface area contributed by atoms with Crippen molar-refractivity contribution in [3.05, 3.63) is 42.0 Å². The number of benzene rings is 1. The van der Waals surface area contributed by atoms with Gasteiger partial charge in [-0.25, -0.2) is 0 Å². The number of anilines is 1. The second kappa shape index (κ2) is 6.36. The number of nitrogens with one attached hydrogen (secondary N) is 1. The van der Waals surface area contributed by atoms with Gasteiger partial charge in [0, 0.05) is 25.2 Å². The zero-order valence-corrected chi connectivity index (χ0v) is 14.0. The molecule has 6 nitrogen and oxygen atoms in total. The van der Waals surface area contributed by atoms with Crippen LogP contribution in [0, 0.1) is 0 Å². The van der Waals surface area contributed by atoms with Crippen molar-refractivity contribution >= 4 is 11.6 Å². The van der Waals surface area contributed by atoms with Crippen molar-refractivity contribution in [3.63, 3.8) is 0 Å². The number of nitrogens with zero attached hydrogens (tertiary/aromatic N) is 4. The molecule has 0 unspecified atom stereocenters. The Morgan fingerprint density at radius 2 is 2.00 bits per heavy atom. The van der Waals surface area contributed by atoms with Gasteiger partial charge in [-0.05, 0) is 38.3 Å². The smallest absolute Gasteiger partial charge is 0.244 e. The van der Waals surface area contributed by atoms with Gasteiger partial charge in [0.05, 0.1) is 12.1 Å². The SMILES string of the molecule is C[C@@H](N[C@H]1CCN(c2ccccc2)C1=O)c1nnc2n1CCCC2. The van der Waals surface area contributed by atoms with Crippen LogP contribution in [-0.2, 0) is 17.8 Å². The highest BCUT2D eigenvalue weighted by atomic mass is 16.2. The Hall–Kier alpha value is -2.21. The predicted molar refractivity (Wildman–Crippen MR) is 91.7 cm³/mol. The van der Waals surface area contributed by atoms with Crippen molar-refractivity contribution in [2.75, 3.05) is 11.4 Å². The van der Waals surface area contributed by atoms with E-state index in [0.717, 1.165) is 43.3 Å². The highest BCUT2D eigenvalue weighted by Gasteiger charge is 2.34. The highest BCUT2D eigenvalue weighted by Crippen LogP contribution is 2.24. The molecule has 2 atom stereocenters. The number of carbonyl (C=O) groups excluding carboxylic acids is 1. The zero-order chi connectivity index (χ0) is 16.5. The van der Waals surface area contributed by atoms with Crippen LogP contribution in [0.4, 0.5) is 5.69 Å². The van der Waals surface area contributed by atoms with E-state index in [0.29, 0.717) is 0 Å². The van der Waals surface area contributed by atoms with Gasteiger partial charge >= 0.3 is 0 Å². The third-order valence-corrected chi connectivity index (χ3v) is 5.00. The number of carbonyl (C=O) groups is 1. The summed E-state index contributed by atoms with van der Waals surface area (Å²) in [6, 6.07) is 9.74. The van der Waals surface area contributed by atoms with Crippen LogP contribution in [0.2, 0.25) is 0 Å². The first-order chi connectivity index (χ1) is 11.7. The Labute approximate surface area is 141 Å². The molecule has 2 aromatic rings. The standard InChI is InChI=1S/C18H23N5O/c1-13(17-21-20-16-9-5-6-11-23(16)17)19-15-10-12-22(18(15)24)14-7-3-2-4-8-14/h2-4,7-8,13,15,19H,5-6,9-12H2,1H3/t13-,15+/m1/s1. The molecule has 126 valence electrons. The van der Waals surface area contributed by atoms with Crippen LogP contribution in [0.25, 0.3) is 0 Å². The number of rotatable bonds is 4. The number of para-hydroxylation sites is 1. The summed E-state index contributed by atoms with van der Waals surface area (Å²) < 4.78 is 2.22. The van der Waals surface area contributed by atoms with Gasteiger partial charge in [-0.2, -0.15) is 0 Å². The predicted octanol–water partition coefficient (Wildman–Crippen LogP) is 2.07. The molecular weight excluding hydrogens is 302 g/mol. The maximum atomic E-state index is 12.7. The Morgan fingerprint density at radius 1 is 1.17 bits per heavy atom. The fourth-order valence-corrected chi connectivity index (χ4v) is 3.73. The van der Waals surface area contributed by atoms with Gasteiger partial charge in [0.1, 0.15) is 11.6 Å². The van der Waals surface area contributed by atoms with E-state index in [1.807, 2.05) is 35.2 Å². The second-order valence-electron chi connectivity index (χ2n) is 6.64. The van der Waals surface area contributed by atoms with Crippen molar-refractivity contribution < 1.29 is 4.79 Å². The lowest BCUT2D eigenvalue weighted by molar-refractivity contribution is -0.119. The van der Waals surface area contributed by atoms with Gasteiger partial charge in [0.15, 0.2) is 0 Å². The zero-order valence-electron chi connectivity index (χ0n) is 14.0. The number of amides is 1. The van der Waals surface area contributed by atoms with E-state index in [9.17, 15) is 4.79 Å². The first-order valence-corrected chi connectivity index (χ1v) is 8.78. The molecule has 0 saturated carbocycles. The molecule has 0 radical (unpaired) electrons. The van der Waals surface area contributed by atoms with Crippen molar-refractivity contribution in [1.29, 1.82) is 0 Å². The van der Waals surface area contributed by atoms with E-state index >= 15 is 0 Å². The minimum Gasteiger partial charge on any atom is -0.314 e. The van der Waals surface area contributed by atoms with E-state index < -0.39 is 0 Å². The van der Waals surface area contributed by atoms with Crippen LogP contribution in [0.15, 0.2) is 30.3 Å². The van der Waals surface area contributed by atoms with Crippen LogP contribution in [0.1, 0.15) is 43.9 Å². The maximum Gasteiger partial charge on any atom is 0.244 e. The summed E-state index contributed by atoms with van der Waals surface area (Å²) in [5, 5.41) is 12.1. The lowest BCUT2D eigenvalue weighted by atomic mass is 10.1.